The van der Waals surface area contributed by atoms with Gasteiger partial charge in [0, 0.05) is 4.47 Å². The first kappa shape index (κ1) is 16.3. The van der Waals surface area contributed by atoms with Gasteiger partial charge in [0.1, 0.15) is 0 Å². The van der Waals surface area contributed by atoms with E-state index in [9.17, 15) is 4.79 Å². The van der Waals surface area contributed by atoms with E-state index < -0.39 is 0 Å². The highest BCUT2D eigenvalue weighted by Crippen LogP contribution is 2.17. The second-order valence-corrected chi connectivity index (χ2v) is 6.29. The molecule has 0 saturated heterocycles. The van der Waals surface area contributed by atoms with Crippen LogP contribution in [0.5, 0.6) is 0 Å². The number of hydrogen-bond donors (Lipinski definition) is 1. The molecule has 0 aliphatic carbocycles. The quantitative estimate of drug-likeness (QED) is 0.732. The van der Waals surface area contributed by atoms with Gasteiger partial charge in [-0.15, -0.1) is 5.10 Å². The Kier molecular flexibility index (Phi) is 5.00. The van der Waals surface area contributed by atoms with E-state index in [1.165, 1.54) is 0 Å². The number of carbonyl (C=O) groups excluding carboxylic acids is 1. The van der Waals surface area contributed by atoms with Crippen LogP contribution >= 0.6 is 15.9 Å². The molecule has 1 amide bonds. The van der Waals surface area contributed by atoms with Crippen LogP contribution in [0.3, 0.4) is 0 Å². The smallest absolute Gasteiger partial charge is 0.224 e. The van der Waals surface area contributed by atoms with Crippen LogP contribution in [0.15, 0.2) is 59.1 Å². The van der Waals surface area contributed by atoms with Gasteiger partial charge < -0.3 is 5.32 Å². The highest BCUT2D eigenvalue weighted by molar-refractivity contribution is 9.10. The third-order valence-corrected chi connectivity index (χ3v) is 4.07. The van der Waals surface area contributed by atoms with Crippen molar-refractivity contribution in [3.63, 3.8) is 0 Å². The van der Waals surface area contributed by atoms with Crippen LogP contribution in [0, 0.1) is 0 Å². The van der Waals surface area contributed by atoms with Gasteiger partial charge in [-0.3, -0.25) is 4.79 Å². The Labute approximate surface area is 148 Å². The Morgan fingerprint density at radius 3 is 2.58 bits per heavy atom. The molecule has 24 heavy (non-hydrogen) atoms. The Hall–Kier alpha value is -2.54. The third-order valence-electron chi connectivity index (χ3n) is 3.54. The van der Waals surface area contributed by atoms with Gasteiger partial charge >= 0.3 is 0 Å². The molecule has 1 aromatic heterocycles. The molecule has 0 aliphatic heterocycles. The van der Waals surface area contributed by atoms with Crippen molar-refractivity contribution in [1.29, 1.82) is 0 Å². The lowest BCUT2D eigenvalue weighted by Crippen LogP contribution is -2.30. The standard InChI is InChI=1S/C17H16BrN5O/c1-12(19-16(24)11-13-5-3-2-4-6-13)17-20-21-22-23(17)15-9-7-14(18)8-10-15/h2-10,12H,11H2,1H3,(H,19,24). The van der Waals surface area contributed by atoms with Crippen LogP contribution in [0.4, 0.5) is 0 Å². The molecule has 3 rings (SSSR count). The van der Waals surface area contributed by atoms with Crippen LogP contribution in [-0.4, -0.2) is 26.1 Å². The molecule has 3 aromatic rings. The minimum absolute atomic E-state index is 0.0703. The van der Waals surface area contributed by atoms with E-state index in [0.29, 0.717) is 12.2 Å². The topological polar surface area (TPSA) is 72.7 Å². The Morgan fingerprint density at radius 1 is 1.17 bits per heavy atom. The van der Waals surface area contributed by atoms with E-state index in [4.69, 9.17) is 0 Å². The first-order chi connectivity index (χ1) is 11.6. The maximum atomic E-state index is 12.2. The third kappa shape index (κ3) is 3.86. The first-order valence-corrected chi connectivity index (χ1v) is 8.30. The van der Waals surface area contributed by atoms with Gasteiger partial charge in [0.05, 0.1) is 18.2 Å². The number of tetrazole rings is 1. The largest absolute Gasteiger partial charge is 0.346 e. The number of halogens is 1. The average Bonchev–Trinajstić information content (AvgIpc) is 3.06. The molecule has 2 aromatic carbocycles. The van der Waals surface area contributed by atoms with Crippen LogP contribution in [0.25, 0.3) is 5.69 Å². The summed E-state index contributed by atoms with van der Waals surface area (Å²) in [7, 11) is 0. The zero-order valence-corrected chi connectivity index (χ0v) is 14.6. The fourth-order valence-corrected chi connectivity index (χ4v) is 2.63. The lowest BCUT2D eigenvalue weighted by Gasteiger charge is -2.14. The van der Waals surface area contributed by atoms with E-state index in [-0.39, 0.29) is 11.9 Å². The number of benzene rings is 2. The zero-order valence-electron chi connectivity index (χ0n) is 13.1. The van der Waals surface area contributed by atoms with Crippen molar-refractivity contribution >= 4 is 21.8 Å². The number of carbonyl (C=O) groups is 1. The van der Waals surface area contributed by atoms with Crippen molar-refractivity contribution in [3.8, 4) is 5.69 Å². The lowest BCUT2D eigenvalue weighted by atomic mass is 10.1. The molecule has 7 heteroatoms. The van der Waals surface area contributed by atoms with Crippen molar-refractivity contribution in [3.05, 3.63) is 70.5 Å². The number of nitrogens with one attached hydrogen (secondary N) is 1. The lowest BCUT2D eigenvalue weighted by molar-refractivity contribution is -0.121. The minimum atomic E-state index is -0.306. The SMILES string of the molecule is CC(NC(=O)Cc1ccccc1)c1nnnn1-c1ccc(Br)cc1. The Balaban J connectivity index is 1.72. The van der Waals surface area contributed by atoms with Gasteiger partial charge in [-0.1, -0.05) is 46.3 Å². The van der Waals surface area contributed by atoms with E-state index >= 15 is 0 Å². The molecular weight excluding hydrogens is 370 g/mol. The molecular formula is C17H16BrN5O. The van der Waals surface area contributed by atoms with Crippen molar-refractivity contribution in [2.24, 2.45) is 0 Å². The van der Waals surface area contributed by atoms with Gasteiger partial charge in [-0.2, -0.15) is 4.68 Å². The molecule has 1 atom stereocenters. The van der Waals surface area contributed by atoms with Gasteiger partial charge in [0.2, 0.25) is 5.91 Å². The molecule has 0 bridgehead atoms. The summed E-state index contributed by atoms with van der Waals surface area (Å²) in [6.07, 6.45) is 0.324. The molecule has 1 heterocycles. The van der Waals surface area contributed by atoms with E-state index in [1.807, 2.05) is 61.5 Å². The number of nitrogens with zero attached hydrogens (tertiary/aromatic N) is 4. The fourth-order valence-electron chi connectivity index (χ4n) is 2.37. The Bertz CT molecular complexity index is 817. The summed E-state index contributed by atoms with van der Waals surface area (Å²) in [6, 6.07) is 17.0. The normalized spacial score (nSPS) is 11.9. The van der Waals surface area contributed by atoms with Crippen LogP contribution in [0.2, 0.25) is 0 Å². The highest BCUT2D eigenvalue weighted by atomic mass is 79.9. The first-order valence-electron chi connectivity index (χ1n) is 7.51. The van der Waals surface area contributed by atoms with Crippen LogP contribution < -0.4 is 5.32 Å². The summed E-state index contributed by atoms with van der Waals surface area (Å²) in [4.78, 5) is 12.2. The number of hydrogen-bond acceptors (Lipinski definition) is 4. The number of amides is 1. The average molecular weight is 386 g/mol. The molecule has 0 saturated carbocycles. The summed E-state index contributed by atoms with van der Waals surface area (Å²) >= 11 is 3.40. The summed E-state index contributed by atoms with van der Waals surface area (Å²) in [6.45, 7) is 1.87. The highest BCUT2D eigenvalue weighted by Gasteiger charge is 2.18. The van der Waals surface area contributed by atoms with Crippen molar-refractivity contribution in [1.82, 2.24) is 25.5 Å². The minimum Gasteiger partial charge on any atom is -0.346 e. The zero-order chi connectivity index (χ0) is 16.9. The second kappa shape index (κ2) is 7.35. The van der Waals surface area contributed by atoms with Gasteiger partial charge in [-0.25, -0.2) is 0 Å². The second-order valence-electron chi connectivity index (χ2n) is 5.38. The summed E-state index contributed by atoms with van der Waals surface area (Å²) in [5, 5.41) is 14.7. The maximum Gasteiger partial charge on any atom is 0.224 e. The monoisotopic (exact) mass is 385 g/mol. The predicted octanol–water partition coefficient (Wildman–Crippen LogP) is 2.84. The van der Waals surface area contributed by atoms with E-state index in [1.54, 1.807) is 4.68 Å². The number of rotatable bonds is 5. The molecule has 0 fully saturated rings. The van der Waals surface area contributed by atoms with Crippen molar-refractivity contribution in [2.45, 2.75) is 19.4 Å². The van der Waals surface area contributed by atoms with E-state index in [2.05, 4.69) is 36.8 Å². The molecule has 0 spiro atoms. The molecule has 1 unspecified atom stereocenters. The van der Waals surface area contributed by atoms with Crippen LogP contribution in [0.1, 0.15) is 24.4 Å². The van der Waals surface area contributed by atoms with Crippen molar-refractivity contribution < 1.29 is 4.79 Å². The maximum absolute atomic E-state index is 12.2. The summed E-state index contributed by atoms with van der Waals surface area (Å²) < 4.78 is 2.60. The molecule has 1 N–H and O–H groups in total. The molecule has 6 nitrogen and oxygen atoms in total. The molecule has 0 radical (unpaired) electrons. The van der Waals surface area contributed by atoms with Gasteiger partial charge in [0.15, 0.2) is 5.82 Å². The fraction of sp³-hybridized carbons (Fsp3) is 0.176. The van der Waals surface area contributed by atoms with Gasteiger partial charge in [-0.05, 0) is 47.2 Å². The van der Waals surface area contributed by atoms with Crippen LogP contribution in [-0.2, 0) is 11.2 Å². The molecule has 122 valence electrons. The van der Waals surface area contributed by atoms with Crippen molar-refractivity contribution in [2.75, 3.05) is 0 Å². The summed E-state index contributed by atoms with van der Waals surface area (Å²) in [5.41, 5.74) is 1.80. The molecule has 0 aliphatic rings. The summed E-state index contributed by atoms with van der Waals surface area (Å²) in [5.74, 6) is 0.512. The van der Waals surface area contributed by atoms with E-state index in [0.717, 1.165) is 15.7 Å². The van der Waals surface area contributed by atoms with Gasteiger partial charge in [0.25, 0.3) is 0 Å². The predicted molar refractivity (Wildman–Crippen MR) is 93.6 cm³/mol. The Morgan fingerprint density at radius 2 is 1.88 bits per heavy atom. The number of aromatic nitrogens is 4.